The maximum atomic E-state index is 12.2. The van der Waals surface area contributed by atoms with E-state index in [0.29, 0.717) is 11.4 Å². The van der Waals surface area contributed by atoms with Crippen LogP contribution in [0.3, 0.4) is 0 Å². The van der Waals surface area contributed by atoms with E-state index < -0.39 is 0 Å². The Balaban J connectivity index is 1.68. The van der Waals surface area contributed by atoms with Gasteiger partial charge >= 0.3 is 0 Å². The zero-order valence-corrected chi connectivity index (χ0v) is 13.9. The van der Waals surface area contributed by atoms with Crippen molar-refractivity contribution in [2.24, 2.45) is 7.05 Å². The largest absolute Gasteiger partial charge is 0.457 e. The molecule has 1 N–H and O–H groups in total. The van der Waals surface area contributed by atoms with Crippen molar-refractivity contribution in [1.29, 1.82) is 0 Å². The minimum Gasteiger partial charge on any atom is -0.457 e. The Morgan fingerprint density at radius 3 is 2.48 bits per heavy atom. The summed E-state index contributed by atoms with van der Waals surface area (Å²) in [6, 6.07) is 17.5. The molecule has 0 saturated heterocycles. The van der Waals surface area contributed by atoms with Gasteiger partial charge in [-0.3, -0.25) is 9.59 Å². The fourth-order valence-corrected chi connectivity index (χ4v) is 2.24. The monoisotopic (exact) mass is 335 g/mol. The molecule has 0 unspecified atom stereocenters. The molecular weight excluding hydrogens is 318 g/mol. The lowest BCUT2D eigenvalue weighted by molar-refractivity contribution is 0.102. The van der Waals surface area contributed by atoms with Gasteiger partial charge in [-0.15, -0.1) is 0 Å². The molecule has 6 heteroatoms. The molecular formula is C19H17N3O3. The molecule has 1 heterocycles. The van der Waals surface area contributed by atoms with Crippen molar-refractivity contribution in [1.82, 2.24) is 9.78 Å². The van der Waals surface area contributed by atoms with E-state index in [0.717, 1.165) is 16.0 Å². The molecule has 6 nitrogen and oxygen atoms in total. The van der Waals surface area contributed by atoms with Crippen LogP contribution in [0.15, 0.2) is 65.5 Å². The van der Waals surface area contributed by atoms with Crippen molar-refractivity contribution in [2.45, 2.75) is 6.92 Å². The number of rotatable bonds is 4. The summed E-state index contributed by atoms with van der Waals surface area (Å²) in [5.41, 5.74) is 1.62. The average molecular weight is 335 g/mol. The van der Waals surface area contributed by atoms with Crippen molar-refractivity contribution in [3.05, 3.63) is 82.3 Å². The molecule has 1 aromatic heterocycles. The van der Waals surface area contributed by atoms with Crippen molar-refractivity contribution in [2.75, 3.05) is 5.32 Å². The summed E-state index contributed by atoms with van der Waals surface area (Å²) in [6.45, 7) is 2.00. The molecule has 0 saturated carbocycles. The van der Waals surface area contributed by atoms with Gasteiger partial charge in [0.05, 0.1) is 0 Å². The highest BCUT2D eigenvalue weighted by Crippen LogP contribution is 2.23. The van der Waals surface area contributed by atoms with Gasteiger partial charge in [-0.2, -0.15) is 5.10 Å². The lowest BCUT2D eigenvalue weighted by atomic mass is 10.2. The predicted molar refractivity (Wildman–Crippen MR) is 95.1 cm³/mol. The number of hydrogen-bond acceptors (Lipinski definition) is 4. The van der Waals surface area contributed by atoms with E-state index in [-0.39, 0.29) is 17.2 Å². The lowest BCUT2D eigenvalue weighted by Gasteiger charge is -2.08. The van der Waals surface area contributed by atoms with E-state index in [2.05, 4.69) is 10.4 Å². The predicted octanol–water partition coefficient (Wildman–Crippen LogP) is 3.13. The van der Waals surface area contributed by atoms with Gasteiger partial charge in [-0.1, -0.05) is 12.1 Å². The number of carbonyl (C=O) groups excluding carboxylic acids is 1. The number of benzene rings is 2. The van der Waals surface area contributed by atoms with Gasteiger partial charge in [0.1, 0.15) is 17.2 Å². The topological polar surface area (TPSA) is 73.2 Å². The number of ether oxygens (including phenoxy) is 1. The summed E-state index contributed by atoms with van der Waals surface area (Å²) >= 11 is 0. The molecule has 0 aliphatic carbocycles. The van der Waals surface area contributed by atoms with E-state index >= 15 is 0 Å². The lowest BCUT2D eigenvalue weighted by Crippen LogP contribution is -2.23. The number of anilines is 1. The second kappa shape index (κ2) is 7.00. The second-order valence-corrected chi connectivity index (χ2v) is 5.58. The Hall–Kier alpha value is -3.41. The van der Waals surface area contributed by atoms with Crippen LogP contribution < -0.4 is 15.6 Å². The number of aromatic nitrogens is 2. The second-order valence-electron chi connectivity index (χ2n) is 5.58. The fraction of sp³-hybridized carbons (Fsp3) is 0.105. The quantitative estimate of drug-likeness (QED) is 0.795. The third kappa shape index (κ3) is 4.11. The smallest absolute Gasteiger partial charge is 0.276 e. The van der Waals surface area contributed by atoms with Crippen LogP contribution in [0.2, 0.25) is 0 Å². The Kier molecular flexibility index (Phi) is 4.61. The molecule has 0 radical (unpaired) electrons. The van der Waals surface area contributed by atoms with Crippen LogP contribution in [-0.2, 0) is 7.05 Å². The van der Waals surface area contributed by atoms with Crippen LogP contribution in [0.5, 0.6) is 11.5 Å². The number of aryl methyl sites for hydroxylation is 2. The van der Waals surface area contributed by atoms with E-state index in [9.17, 15) is 9.59 Å². The maximum Gasteiger partial charge on any atom is 0.276 e. The maximum absolute atomic E-state index is 12.2. The van der Waals surface area contributed by atoms with Crippen LogP contribution in [0.25, 0.3) is 0 Å². The molecule has 0 atom stereocenters. The molecule has 0 fully saturated rings. The molecule has 3 aromatic rings. The van der Waals surface area contributed by atoms with E-state index in [1.165, 1.54) is 19.2 Å². The normalized spacial score (nSPS) is 10.3. The van der Waals surface area contributed by atoms with Crippen LogP contribution in [-0.4, -0.2) is 15.7 Å². The summed E-state index contributed by atoms with van der Waals surface area (Å²) in [5.74, 6) is 1.04. The van der Waals surface area contributed by atoms with Crippen molar-refractivity contribution >= 4 is 11.6 Å². The van der Waals surface area contributed by atoms with Gasteiger partial charge in [0.2, 0.25) is 0 Å². The molecule has 3 rings (SSSR count). The fourth-order valence-electron chi connectivity index (χ4n) is 2.24. The first-order valence-electron chi connectivity index (χ1n) is 7.71. The average Bonchev–Trinajstić information content (AvgIpc) is 2.59. The van der Waals surface area contributed by atoms with Gasteiger partial charge in [0.25, 0.3) is 11.5 Å². The number of hydrogen-bond donors (Lipinski definition) is 1. The van der Waals surface area contributed by atoms with Gasteiger partial charge in [-0.25, -0.2) is 4.68 Å². The van der Waals surface area contributed by atoms with Crippen molar-refractivity contribution < 1.29 is 9.53 Å². The molecule has 0 aliphatic rings. The van der Waals surface area contributed by atoms with Crippen LogP contribution in [0, 0.1) is 6.92 Å². The zero-order valence-electron chi connectivity index (χ0n) is 13.9. The molecule has 1 amide bonds. The number of nitrogens with zero attached hydrogens (tertiary/aromatic N) is 2. The third-order valence-electron chi connectivity index (χ3n) is 3.53. The molecule has 126 valence electrons. The zero-order chi connectivity index (χ0) is 17.8. The van der Waals surface area contributed by atoms with Crippen LogP contribution >= 0.6 is 0 Å². The summed E-state index contributed by atoms with van der Waals surface area (Å²) in [7, 11) is 1.50. The van der Waals surface area contributed by atoms with E-state index in [4.69, 9.17) is 4.74 Å². The molecule has 2 aromatic carbocycles. The molecule has 0 aliphatic heterocycles. The van der Waals surface area contributed by atoms with E-state index in [1.807, 2.05) is 31.2 Å². The highest BCUT2D eigenvalue weighted by Gasteiger charge is 2.09. The Morgan fingerprint density at radius 2 is 1.80 bits per heavy atom. The number of amides is 1. The highest BCUT2D eigenvalue weighted by molar-refractivity contribution is 6.02. The summed E-state index contributed by atoms with van der Waals surface area (Å²) in [5, 5.41) is 6.65. The number of carbonyl (C=O) groups is 1. The standard InChI is InChI=1S/C19H17N3O3/c1-13-4-3-5-16(12-13)25-15-8-6-14(7-9-15)20-19(24)17-10-11-18(23)22(2)21-17/h3-12H,1-2H3,(H,20,24). The van der Waals surface area contributed by atoms with Crippen LogP contribution in [0.4, 0.5) is 5.69 Å². The number of nitrogens with one attached hydrogen (secondary N) is 1. The van der Waals surface area contributed by atoms with E-state index in [1.54, 1.807) is 24.3 Å². The van der Waals surface area contributed by atoms with Gasteiger partial charge < -0.3 is 10.1 Å². The minimum absolute atomic E-state index is 0.169. The Morgan fingerprint density at radius 1 is 1.04 bits per heavy atom. The summed E-state index contributed by atoms with van der Waals surface area (Å²) in [4.78, 5) is 23.5. The van der Waals surface area contributed by atoms with Gasteiger partial charge in [0, 0.05) is 18.8 Å². The highest BCUT2D eigenvalue weighted by atomic mass is 16.5. The third-order valence-corrected chi connectivity index (χ3v) is 3.53. The van der Waals surface area contributed by atoms with Gasteiger partial charge in [0.15, 0.2) is 0 Å². The SMILES string of the molecule is Cc1cccc(Oc2ccc(NC(=O)c3ccc(=O)n(C)n3)cc2)c1. The van der Waals surface area contributed by atoms with Crippen molar-refractivity contribution in [3.8, 4) is 11.5 Å². The summed E-state index contributed by atoms with van der Waals surface area (Å²) < 4.78 is 6.89. The Labute approximate surface area is 144 Å². The first kappa shape index (κ1) is 16.4. The first-order chi connectivity index (χ1) is 12.0. The first-order valence-corrected chi connectivity index (χ1v) is 7.71. The van der Waals surface area contributed by atoms with Gasteiger partial charge in [-0.05, 0) is 55.0 Å². The van der Waals surface area contributed by atoms with Crippen LogP contribution in [0.1, 0.15) is 16.1 Å². The minimum atomic E-state index is -0.386. The summed E-state index contributed by atoms with van der Waals surface area (Å²) in [6.07, 6.45) is 0. The Bertz CT molecular complexity index is 962. The molecule has 25 heavy (non-hydrogen) atoms. The molecule has 0 spiro atoms. The van der Waals surface area contributed by atoms with Crippen molar-refractivity contribution in [3.63, 3.8) is 0 Å². The molecule has 0 bridgehead atoms.